The third-order valence-electron chi connectivity index (χ3n) is 2.94. The molecule has 18 heavy (non-hydrogen) atoms. The molecule has 4 heteroatoms. The van der Waals surface area contributed by atoms with Gasteiger partial charge in [-0.15, -0.1) is 0 Å². The van der Waals surface area contributed by atoms with Gasteiger partial charge in [-0.2, -0.15) is 0 Å². The van der Waals surface area contributed by atoms with E-state index in [-0.39, 0.29) is 11.3 Å². The smallest absolute Gasteiger partial charge is 0.165 e. The van der Waals surface area contributed by atoms with E-state index in [9.17, 15) is 0 Å². The maximum absolute atomic E-state index is 6.25. The van der Waals surface area contributed by atoms with Crippen molar-refractivity contribution in [1.82, 2.24) is 9.97 Å². The first-order valence-corrected chi connectivity index (χ1v) is 7.07. The van der Waals surface area contributed by atoms with Crippen LogP contribution in [0.15, 0.2) is 41.8 Å². The average Bonchev–Trinajstić information content (AvgIpc) is 2.88. The number of aromatic amines is 1. The van der Waals surface area contributed by atoms with Crippen LogP contribution in [0.1, 0.15) is 29.7 Å². The predicted molar refractivity (Wildman–Crippen MR) is 76.6 cm³/mol. The van der Waals surface area contributed by atoms with Crippen LogP contribution in [0.2, 0.25) is 0 Å². The van der Waals surface area contributed by atoms with Gasteiger partial charge >= 0.3 is 0 Å². The van der Waals surface area contributed by atoms with Gasteiger partial charge in [-0.3, -0.25) is 0 Å². The summed E-state index contributed by atoms with van der Waals surface area (Å²) in [4.78, 5) is 7.40. The predicted octanol–water partition coefficient (Wildman–Crippen LogP) is 3.29. The molecule has 0 bridgehead atoms. The van der Waals surface area contributed by atoms with Gasteiger partial charge in [0.05, 0.1) is 5.25 Å². The third kappa shape index (κ3) is 3.15. The molecule has 2 atom stereocenters. The van der Waals surface area contributed by atoms with E-state index in [2.05, 4.69) is 48.1 Å². The van der Waals surface area contributed by atoms with Crippen molar-refractivity contribution in [2.45, 2.75) is 36.7 Å². The molecule has 2 aromatic rings. The van der Waals surface area contributed by atoms with Gasteiger partial charge in [0, 0.05) is 18.4 Å². The number of nitrogens with two attached hydrogens (primary N) is 1. The number of imidazole rings is 1. The fourth-order valence-corrected chi connectivity index (χ4v) is 3.05. The summed E-state index contributed by atoms with van der Waals surface area (Å²) in [6.07, 6.45) is 4.56. The number of aromatic nitrogens is 2. The highest BCUT2D eigenvalue weighted by Gasteiger charge is 2.20. The van der Waals surface area contributed by atoms with Crippen LogP contribution in [-0.2, 0) is 0 Å². The van der Waals surface area contributed by atoms with Gasteiger partial charge in [0.1, 0.15) is 0 Å². The Morgan fingerprint density at radius 1 is 1.44 bits per heavy atom. The number of hydrogen-bond acceptors (Lipinski definition) is 3. The molecule has 0 fully saturated rings. The van der Waals surface area contributed by atoms with Crippen molar-refractivity contribution in [2.75, 3.05) is 0 Å². The Morgan fingerprint density at radius 2 is 2.28 bits per heavy atom. The number of hydrogen-bond donors (Lipinski definition) is 2. The number of nitrogens with zero attached hydrogens (tertiary/aromatic N) is 1. The van der Waals surface area contributed by atoms with Gasteiger partial charge in [-0.25, -0.2) is 4.98 Å². The topological polar surface area (TPSA) is 54.7 Å². The Balaban J connectivity index is 2.25. The van der Waals surface area contributed by atoms with E-state index in [4.69, 9.17) is 5.73 Å². The number of nitrogens with one attached hydrogen (secondary N) is 1. The van der Waals surface area contributed by atoms with Gasteiger partial charge < -0.3 is 10.7 Å². The molecule has 0 aliphatic carbocycles. The number of H-pyrrole nitrogens is 1. The quantitative estimate of drug-likeness (QED) is 0.812. The van der Waals surface area contributed by atoms with E-state index in [0.717, 1.165) is 11.6 Å². The first-order valence-electron chi connectivity index (χ1n) is 6.19. The van der Waals surface area contributed by atoms with Crippen LogP contribution in [-0.4, -0.2) is 16.0 Å². The van der Waals surface area contributed by atoms with Gasteiger partial charge in [0.2, 0.25) is 0 Å². The molecule has 0 radical (unpaired) electrons. The molecular formula is C14H19N3S. The van der Waals surface area contributed by atoms with E-state index in [1.807, 2.05) is 6.20 Å². The second kappa shape index (κ2) is 6.07. The van der Waals surface area contributed by atoms with E-state index in [1.54, 1.807) is 18.0 Å². The normalized spacial score (nSPS) is 14.4. The van der Waals surface area contributed by atoms with Gasteiger partial charge in [-0.05, 0) is 18.9 Å². The van der Waals surface area contributed by atoms with Crippen LogP contribution in [0.5, 0.6) is 0 Å². The maximum atomic E-state index is 6.25. The monoisotopic (exact) mass is 261 g/mol. The number of aryl methyl sites for hydroxylation is 1. The lowest BCUT2D eigenvalue weighted by Gasteiger charge is -2.22. The first-order chi connectivity index (χ1) is 8.70. The second-order valence-corrected chi connectivity index (χ2v) is 5.55. The van der Waals surface area contributed by atoms with Crippen molar-refractivity contribution in [3.8, 4) is 0 Å². The standard InChI is InChI=1S/C14H19N3S/c1-3-12(15)13(18-14-16-7-8-17-14)11-6-4-5-10(2)9-11/h4-9,12-13H,3,15H2,1-2H3,(H,16,17). The van der Waals surface area contributed by atoms with Crippen molar-refractivity contribution in [1.29, 1.82) is 0 Å². The SMILES string of the molecule is CCC(N)C(Sc1ncc[nH]1)c1cccc(C)c1. The van der Waals surface area contributed by atoms with E-state index in [1.165, 1.54) is 11.1 Å². The van der Waals surface area contributed by atoms with Crippen LogP contribution in [0.4, 0.5) is 0 Å². The fourth-order valence-electron chi connectivity index (χ4n) is 1.90. The van der Waals surface area contributed by atoms with Crippen molar-refractivity contribution >= 4 is 11.8 Å². The summed E-state index contributed by atoms with van der Waals surface area (Å²) in [6, 6.07) is 8.67. The molecule has 0 amide bonds. The van der Waals surface area contributed by atoms with Crippen molar-refractivity contribution < 1.29 is 0 Å². The molecule has 3 N–H and O–H groups in total. The van der Waals surface area contributed by atoms with Crippen LogP contribution in [0, 0.1) is 6.92 Å². The molecule has 0 aliphatic heterocycles. The molecule has 0 spiro atoms. The lowest BCUT2D eigenvalue weighted by molar-refractivity contribution is 0.632. The summed E-state index contributed by atoms with van der Waals surface area (Å²) in [7, 11) is 0. The van der Waals surface area contributed by atoms with E-state index in [0.29, 0.717) is 0 Å². The zero-order valence-electron chi connectivity index (χ0n) is 10.8. The Hall–Kier alpha value is -1.26. The Bertz CT molecular complexity index is 482. The minimum absolute atomic E-state index is 0.127. The summed E-state index contributed by atoms with van der Waals surface area (Å²) >= 11 is 1.70. The zero-order valence-corrected chi connectivity index (χ0v) is 11.6. The highest BCUT2D eigenvalue weighted by atomic mass is 32.2. The molecule has 3 nitrogen and oxygen atoms in total. The minimum Gasteiger partial charge on any atom is -0.340 e. The molecule has 0 saturated heterocycles. The first kappa shape index (κ1) is 13.2. The van der Waals surface area contributed by atoms with E-state index >= 15 is 0 Å². The van der Waals surface area contributed by atoms with Crippen LogP contribution < -0.4 is 5.73 Å². The minimum atomic E-state index is 0.127. The molecule has 1 aromatic carbocycles. The number of thioether (sulfide) groups is 1. The maximum Gasteiger partial charge on any atom is 0.165 e. The Morgan fingerprint density at radius 3 is 2.89 bits per heavy atom. The van der Waals surface area contributed by atoms with Gasteiger partial charge in [0.15, 0.2) is 5.16 Å². The molecular weight excluding hydrogens is 242 g/mol. The van der Waals surface area contributed by atoms with Crippen LogP contribution in [0.3, 0.4) is 0 Å². The molecule has 96 valence electrons. The molecule has 1 heterocycles. The van der Waals surface area contributed by atoms with Crippen molar-refractivity contribution in [3.63, 3.8) is 0 Å². The lowest BCUT2D eigenvalue weighted by atomic mass is 10.0. The molecule has 2 rings (SSSR count). The summed E-state index contributed by atoms with van der Waals surface area (Å²) in [5.41, 5.74) is 8.79. The molecule has 2 unspecified atom stereocenters. The summed E-state index contributed by atoms with van der Waals surface area (Å²) in [6.45, 7) is 4.23. The lowest BCUT2D eigenvalue weighted by Crippen LogP contribution is -2.25. The zero-order chi connectivity index (χ0) is 13.0. The number of benzene rings is 1. The van der Waals surface area contributed by atoms with Gasteiger partial charge in [0.25, 0.3) is 0 Å². The van der Waals surface area contributed by atoms with Crippen LogP contribution >= 0.6 is 11.8 Å². The van der Waals surface area contributed by atoms with Gasteiger partial charge in [-0.1, -0.05) is 48.5 Å². The third-order valence-corrected chi connectivity index (χ3v) is 4.26. The van der Waals surface area contributed by atoms with E-state index < -0.39 is 0 Å². The summed E-state index contributed by atoms with van der Waals surface area (Å²) in [5.74, 6) is 0. The van der Waals surface area contributed by atoms with Crippen molar-refractivity contribution in [3.05, 3.63) is 47.8 Å². The summed E-state index contributed by atoms with van der Waals surface area (Å²) < 4.78 is 0. The molecule has 0 aliphatic rings. The Kier molecular flexibility index (Phi) is 4.44. The second-order valence-electron chi connectivity index (χ2n) is 4.42. The summed E-state index contributed by atoms with van der Waals surface area (Å²) in [5, 5.41) is 1.16. The fraction of sp³-hybridized carbons (Fsp3) is 0.357. The number of rotatable bonds is 5. The molecule has 0 saturated carbocycles. The highest BCUT2D eigenvalue weighted by Crippen LogP contribution is 2.36. The average molecular weight is 261 g/mol. The van der Waals surface area contributed by atoms with Crippen LogP contribution in [0.25, 0.3) is 0 Å². The van der Waals surface area contributed by atoms with Crippen molar-refractivity contribution in [2.24, 2.45) is 5.73 Å². The molecule has 1 aromatic heterocycles. The highest BCUT2D eigenvalue weighted by molar-refractivity contribution is 7.99. The largest absolute Gasteiger partial charge is 0.340 e. The Labute approximate surface area is 112 Å².